The van der Waals surface area contributed by atoms with Crippen LogP contribution in [0, 0.1) is 0 Å². The third-order valence-corrected chi connectivity index (χ3v) is 5.38. The molecule has 4 rings (SSSR count). The molecule has 134 valence electrons. The summed E-state index contributed by atoms with van der Waals surface area (Å²) in [6.07, 6.45) is 2.49. The summed E-state index contributed by atoms with van der Waals surface area (Å²) in [7, 11) is 0. The molecule has 8 heteroatoms. The number of amides is 1. The smallest absolute Gasteiger partial charge is 0.252 e. The fourth-order valence-corrected chi connectivity index (χ4v) is 3.97. The van der Waals surface area contributed by atoms with E-state index in [1.165, 1.54) is 0 Å². The van der Waals surface area contributed by atoms with Gasteiger partial charge in [-0.15, -0.1) is 27.1 Å². The van der Waals surface area contributed by atoms with Gasteiger partial charge in [0.1, 0.15) is 12.1 Å². The summed E-state index contributed by atoms with van der Waals surface area (Å²) in [5.74, 6) is 1.81. The largest absolute Gasteiger partial charge is 0.353 e. The number of rotatable bonds is 5. The Morgan fingerprint density at radius 3 is 3.08 bits per heavy atom. The lowest BCUT2D eigenvalue weighted by Crippen LogP contribution is -2.37. The average molecular weight is 368 g/mol. The molecule has 1 aliphatic heterocycles. The Labute approximate surface area is 155 Å². The van der Waals surface area contributed by atoms with Crippen molar-refractivity contribution in [3.05, 3.63) is 48.3 Å². The molecule has 1 saturated heterocycles. The maximum atomic E-state index is 12.7. The van der Waals surface area contributed by atoms with Crippen molar-refractivity contribution in [3.8, 4) is 0 Å². The number of benzene rings is 1. The van der Waals surface area contributed by atoms with Gasteiger partial charge in [0, 0.05) is 24.0 Å². The van der Waals surface area contributed by atoms with Gasteiger partial charge in [-0.2, -0.15) is 4.52 Å². The van der Waals surface area contributed by atoms with Crippen molar-refractivity contribution in [2.24, 2.45) is 0 Å². The molecule has 1 atom stereocenters. The Bertz CT molecular complexity index is 927. The van der Waals surface area contributed by atoms with Crippen molar-refractivity contribution in [3.63, 3.8) is 0 Å². The highest BCUT2D eigenvalue weighted by atomic mass is 32.2. The molecule has 0 aliphatic carbocycles. The highest BCUT2D eigenvalue weighted by Crippen LogP contribution is 2.23. The van der Waals surface area contributed by atoms with Gasteiger partial charge >= 0.3 is 0 Å². The van der Waals surface area contributed by atoms with Gasteiger partial charge in [0.25, 0.3) is 5.91 Å². The van der Waals surface area contributed by atoms with Crippen LogP contribution in [0.25, 0.3) is 5.65 Å². The van der Waals surface area contributed by atoms with E-state index >= 15 is 0 Å². The monoisotopic (exact) mass is 368 g/mol. The second kappa shape index (κ2) is 7.33. The van der Waals surface area contributed by atoms with Gasteiger partial charge < -0.3 is 10.2 Å². The number of fused-ring (bicyclic) bond motifs is 1. The highest BCUT2D eigenvalue weighted by Gasteiger charge is 2.26. The summed E-state index contributed by atoms with van der Waals surface area (Å²) >= 11 is 1.69. The Hall–Kier alpha value is -2.61. The number of thioether (sulfide) groups is 1. The maximum Gasteiger partial charge on any atom is 0.252 e. The van der Waals surface area contributed by atoms with E-state index in [2.05, 4.69) is 32.4 Å². The minimum Gasteiger partial charge on any atom is -0.353 e. The third kappa shape index (κ3) is 3.37. The van der Waals surface area contributed by atoms with Crippen LogP contribution in [0.3, 0.4) is 0 Å². The molecule has 1 aliphatic rings. The standard InChI is InChI=1S/C18H20N6OS/c1-2-26-15-6-4-3-5-14(15)18(25)20-13-9-10-23(11-13)17-8-7-16-21-19-12-24(16)22-17/h3-8,12-13H,2,9-11H2,1H3,(H,20,25). The van der Waals surface area contributed by atoms with Crippen LogP contribution in [0.15, 0.2) is 47.6 Å². The predicted molar refractivity (Wildman–Crippen MR) is 102 cm³/mol. The average Bonchev–Trinajstić information content (AvgIpc) is 3.31. The van der Waals surface area contributed by atoms with E-state index in [0.717, 1.165) is 47.2 Å². The number of hydrogen-bond acceptors (Lipinski definition) is 6. The quantitative estimate of drug-likeness (QED) is 0.696. The molecule has 2 aromatic heterocycles. The minimum atomic E-state index is -0.00405. The fraction of sp³-hybridized carbons (Fsp3) is 0.333. The Kier molecular flexibility index (Phi) is 4.75. The van der Waals surface area contributed by atoms with Crippen molar-refractivity contribution in [2.75, 3.05) is 23.7 Å². The molecule has 1 fully saturated rings. The van der Waals surface area contributed by atoms with Crippen LogP contribution in [0.1, 0.15) is 23.7 Å². The molecular formula is C18H20N6OS. The van der Waals surface area contributed by atoms with Crippen molar-refractivity contribution >= 4 is 29.1 Å². The molecular weight excluding hydrogens is 348 g/mol. The highest BCUT2D eigenvalue weighted by molar-refractivity contribution is 7.99. The number of aromatic nitrogens is 4. The van der Waals surface area contributed by atoms with Crippen LogP contribution < -0.4 is 10.2 Å². The van der Waals surface area contributed by atoms with Crippen LogP contribution in [-0.4, -0.2) is 50.6 Å². The zero-order chi connectivity index (χ0) is 17.9. The molecule has 0 saturated carbocycles. The van der Waals surface area contributed by atoms with Gasteiger partial charge in [-0.3, -0.25) is 4.79 Å². The molecule has 1 aromatic carbocycles. The fourth-order valence-electron chi connectivity index (χ4n) is 3.17. The normalized spacial score (nSPS) is 17.0. The van der Waals surface area contributed by atoms with Crippen LogP contribution in [0.5, 0.6) is 0 Å². The Morgan fingerprint density at radius 1 is 1.31 bits per heavy atom. The van der Waals surface area contributed by atoms with E-state index in [1.54, 1.807) is 22.6 Å². The predicted octanol–water partition coefficient (Wildman–Crippen LogP) is 2.25. The van der Waals surface area contributed by atoms with Crippen LogP contribution >= 0.6 is 11.8 Å². The summed E-state index contributed by atoms with van der Waals surface area (Å²) < 4.78 is 1.67. The number of carbonyl (C=O) groups is 1. The number of nitrogens with zero attached hydrogens (tertiary/aromatic N) is 5. The zero-order valence-corrected chi connectivity index (χ0v) is 15.3. The molecule has 0 bridgehead atoms. The number of nitrogens with one attached hydrogen (secondary N) is 1. The van der Waals surface area contributed by atoms with Gasteiger partial charge in [0.15, 0.2) is 5.65 Å². The number of anilines is 1. The SMILES string of the molecule is CCSc1ccccc1C(=O)NC1CCN(c2ccc3nncn3n2)C1. The second-order valence-corrected chi connectivity index (χ2v) is 7.47. The number of hydrogen-bond donors (Lipinski definition) is 1. The second-order valence-electron chi connectivity index (χ2n) is 6.16. The molecule has 0 radical (unpaired) electrons. The van der Waals surface area contributed by atoms with Crippen LogP contribution in [0.2, 0.25) is 0 Å². The lowest BCUT2D eigenvalue weighted by Gasteiger charge is -2.18. The van der Waals surface area contributed by atoms with Gasteiger partial charge in [0.05, 0.1) is 5.56 Å². The third-order valence-electron chi connectivity index (χ3n) is 4.43. The van der Waals surface area contributed by atoms with Crippen LogP contribution in [-0.2, 0) is 0 Å². The van der Waals surface area contributed by atoms with E-state index in [9.17, 15) is 4.79 Å². The summed E-state index contributed by atoms with van der Waals surface area (Å²) in [5, 5.41) is 15.5. The van der Waals surface area contributed by atoms with Gasteiger partial charge in [-0.25, -0.2) is 0 Å². The molecule has 1 N–H and O–H groups in total. The molecule has 3 aromatic rings. The van der Waals surface area contributed by atoms with Gasteiger partial charge in [-0.05, 0) is 36.4 Å². The molecule has 0 spiro atoms. The van der Waals surface area contributed by atoms with Crippen molar-refractivity contribution in [2.45, 2.75) is 24.3 Å². The van der Waals surface area contributed by atoms with Crippen molar-refractivity contribution in [1.82, 2.24) is 25.1 Å². The maximum absolute atomic E-state index is 12.7. The lowest BCUT2D eigenvalue weighted by molar-refractivity contribution is 0.0937. The Balaban J connectivity index is 1.43. The van der Waals surface area contributed by atoms with E-state index in [4.69, 9.17) is 0 Å². The Morgan fingerprint density at radius 2 is 2.19 bits per heavy atom. The van der Waals surface area contributed by atoms with Crippen molar-refractivity contribution in [1.29, 1.82) is 0 Å². The van der Waals surface area contributed by atoms with Crippen molar-refractivity contribution < 1.29 is 4.79 Å². The van der Waals surface area contributed by atoms with E-state index in [0.29, 0.717) is 0 Å². The number of carbonyl (C=O) groups excluding carboxylic acids is 1. The molecule has 1 unspecified atom stereocenters. The lowest BCUT2D eigenvalue weighted by atomic mass is 10.2. The summed E-state index contributed by atoms with van der Waals surface area (Å²) in [6, 6.07) is 11.7. The minimum absolute atomic E-state index is 0.00405. The first kappa shape index (κ1) is 16.8. The summed E-state index contributed by atoms with van der Waals surface area (Å²) in [5.41, 5.74) is 1.48. The van der Waals surface area contributed by atoms with Crippen LogP contribution in [0.4, 0.5) is 5.82 Å². The first-order chi connectivity index (χ1) is 12.7. The van der Waals surface area contributed by atoms with E-state index in [1.807, 2.05) is 36.4 Å². The van der Waals surface area contributed by atoms with Gasteiger partial charge in [0.2, 0.25) is 0 Å². The first-order valence-electron chi connectivity index (χ1n) is 8.69. The van der Waals surface area contributed by atoms with E-state index < -0.39 is 0 Å². The molecule has 26 heavy (non-hydrogen) atoms. The molecule has 7 nitrogen and oxygen atoms in total. The molecule has 1 amide bonds. The summed E-state index contributed by atoms with van der Waals surface area (Å²) in [6.45, 7) is 3.69. The van der Waals surface area contributed by atoms with E-state index in [-0.39, 0.29) is 11.9 Å². The topological polar surface area (TPSA) is 75.4 Å². The summed E-state index contributed by atoms with van der Waals surface area (Å²) in [4.78, 5) is 15.9. The zero-order valence-electron chi connectivity index (χ0n) is 14.5. The molecule has 3 heterocycles. The first-order valence-corrected chi connectivity index (χ1v) is 9.68. The van der Waals surface area contributed by atoms with Gasteiger partial charge in [-0.1, -0.05) is 19.1 Å².